The van der Waals surface area contributed by atoms with Gasteiger partial charge < -0.3 is 19.5 Å². The maximum atomic E-state index is 12.2. The summed E-state index contributed by atoms with van der Waals surface area (Å²) >= 11 is 12.0. The average molecular weight is 376 g/mol. The van der Waals surface area contributed by atoms with E-state index in [2.05, 4.69) is 10.1 Å². The Labute approximate surface area is 147 Å². The van der Waals surface area contributed by atoms with Crippen LogP contribution in [0.1, 0.15) is 11.1 Å². The molecular weight excluding hydrogens is 363 g/mol. The van der Waals surface area contributed by atoms with Gasteiger partial charge in [0.1, 0.15) is 11.5 Å². The first-order valence-electron chi connectivity index (χ1n) is 7.03. The highest BCUT2D eigenvalue weighted by atomic mass is 35.5. The Hall–Kier alpha value is -1.76. The topological polar surface area (TPSA) is 39.7 Å². The van der Waals surface area contributed by atoms with E-state index in [0.29, 0.717) is 23.9 Å². The summed E-state index contributed by atoms with van der Waals surface area (Å²) in [6, 6.07) is 8.10. The Balaban J connectivity index is 1.74. The zero-order chi connectivity index (χ0) is 17.1. The van der Waals surface area contributed by atoms with Crippen molar-refractivity contribution in [3.63, 3.8) is 0 Å². The van der Waals surface area contributed by atoms with Crippen LogP contribution >= 0.6 is 23.2 Å². The van der Waals surface area contributed by atoms with Crippen LogP contribution < -0.4 is 14.8 Å². The first-order chi connectivity index (χ1) is 11.5. The van der Waals surface area contributed by atoms with Gasteiger partial charge in [-0.3, -0.25) is 0 Å². The molecule has 4 nitrogen and oxygen atoms in total. The van der Waals surface area contributed by atoms with Gasteiger partial charge in [0.2, 0.25) is 0 Å². The molecule has 0 amide bonds. The Kier molecular flexibility index (Phi) is 5.28. The molecule has 0 radical (unpaired) electrons. The molecule has 0 saturated carbocycles. The fraction of sp³-hybridized carbons (Fsp3) is 0.250. The molecular formula is C16H13Cl2F2NO3. The summed E-state index contributed by atoms with van der Waals surface area (Å²) in [5.41, 5.74) is 2.40. The van der Waals surface area contributed by atoms with Crippen LogP contribution in [-0.2, 0) is 17.9 Å². The molecule has 0 bridgehead atoms. The largest absolute Gasteiger partial charge is 0.467 e. The molecule has 24 heavy (non-hydrogen) atoms. The van der Waals surface area contributed by atoms with E-state index in [9.17, 15) is 8.78 Å². The molecule has 0 unspecified atom stereocenters. The van der Waals surface area contributed by atoms with Crippen molar-refractivity contribution in [2.24, 2.45) is 0 Å². The lowest BCUT2D eigenvalue weighted by atomic mass is 10.1. The van der Waals surface area contributed by atoms with Gasteiger partial charge in [0, 0.05) is 28.4 Å². The summed E-state index contributed by atoms with van der Waals surface area (Å²) in [5.74, 6) is 0.666. The van der Waals surface area contributed by atoms with Gasteiger partial charge in [-0.05, 0) is 30.3 Å². The number of nitrogens with one attached hydrogen (secondary N) is 1. The number of alkyl halides is 2. The van der Waals surface area contributed by atoms with Crippen molar-refractivity contribution in [2.75, 3.05) is 12.1 Å². The van der Waals surface area contributed by atoms with Gasteiger partial charge in [-0.2, -0.15) is 8.78 Å². The van der Waals surface area contributed by atoms with E-state index in [0.717, 1.165) is 16.9 Å². The summed E-state index contributed by atoms with van der Waals surface area (Å²) in [4.78, 5) is 0. The molecule has 2 aromatic carbocycles. The zero-order valence-electron chi connectivity index (χ0n) is 12.3. The molecule has 1 aliphatic heterocycles. The third kappa shape index (κ3) is 4.01. The normalized spacial score (nSPS) is 13.4. The number of anilines is 1. The molecule has 0 aliphatic carbocycles. The van der Waals surface area contributed by atoms with Crippen LogP contribution in [0.5, 0.6) is 11.5 Å². The average Bonchev–Trinajstić information content (AvgIpc) is 2.54. The van der Waals surface area contributed by atoms with Crippen molar-refractivity contribution in [3.8, 4) is 11.5 Å². The third-order valence-corrected chi connectivity index (χ3v) is 3.90. The highest BCUT2D eigenvalue weighted by Gasteiger charge is 2.16. The number of ether oxygens (including phenoxy) is 3. The van der Waals surface area contributed by atoms with Crippen molar-refractivity contribution >= 4 is 28.9 Å². The molecule has 0 saturated heterocycles. The minimum Gasteiger partial charge on any atom is -0.467 e. The molecule has 0 spiro atoms. The molecule has 8 heteroatoms. The standard InChI is InChI=1S/C16H13Cl2F2NO3/c17-11-3-9(15-10(4-11)7-22-8-23-15)6-21-12-1-2-14(13(18)5-12)24-16(19)20/h1-5,16,21H,6-8H2. The van der Waals surface area contributed by atoms with Gasteiger partial charge in [-0.15, -0.1) is 0 Å². The predicted molar refractivity (Wildman–Crippen MR) is 87.1 cm³/mol. The highest BCUT2D eigenvalue weighted by Crippen LogP contribution is 2.33. The summed E-state index contributed by atoms with van der Waals surface area (Å²) in [6.45, 7) is -1.87. The van der Waals surface area contributed by atoms with Crippen molar-refractivity contribution in [3.05, 3.63) is 51.5 Å². The lowest BCUT2D eigenvalue weighted by molar-refractivity contribution is -0.0497. The predicted octanol–water partition coefficient (Wildman–Crippen LogP) is 5.07. The molecule has 2 aromatic rings. The van der Waals surface area contributed by atoms with Crippen LogP contribution in [0.15, 0.2) is 30.3 Å². The Morgan fingerprint density at radius 2 is 2.04 bits per heavy atom. The molecule has 3 rings (SSSR count). The molecule has 1 aliphatic rings. The minimum atomic E-state index is -2.92. The second kappa shape index (κ2) is 7.42. The van der Waals surface area contributed by atoms with Crippen molar-refractivity contribution in [1.29, 1.82) is 0 Å². The number of rotatable bonds is 5. The summed E-state index contributed by atoms with van der Waals surface area (Å²) in [6.07, 6.45) is 0. The monoisotopic (exact) mass is 375 g/mol. The second-order valence-corrected chi connectivity index (χ2v) is 5.88. The van der Waals surface area contributed by atoms with Crippen molar-refractivity contribution in [2.45, 2.75) is 19.8 Å². The van der Waals surface area contributed by atoms with Gasteiger partial charge in [0.15, 0.2) is 6.79 Å². The van der Waals surface area contributed by atoms with E-state index in [4.69, 9.17) is 32.7 Å². The first-order valence-corrected chi connectivity index (χ1v) is 7.78. The third-order valence-electron chi connectivity index (χ3n) is 3.38. The molecule has 1 N–H and O–H groups in total. The zero-order valence-corrected chi connectivity index (χ0v) is 13.8. The number of hydrogen-bond acceptors (Lipinski definition) is 4. The van der Waals surface area contributed by atoms with Crippen LogP contribution in [0.25, 0.3) is 0 Å². The maximum Gasteiger partial charge on any atom is 0.387 e. The fourth-order valence-corrected chi connectivity index (χ4v) is 2.88. The van der Waals surface area contributed by atoms with Gasteiger partial charge in [0.25, 0.3) is 0 Å². The smallest absolute Gasteiger partial charge is 0.387 e. The van der Waals surface area contributed by atoms with Crippen LogP contribution in [0.3, 0.4) is 0 Å². The van der Waals surface area contributed by atoms with Gasteiger partial charge in [-0.25, -0.2) is 0 Å². The molecule has 0 aromatic heterocycles. The van der Waals surface area contributed by atoms with Gasteiger partial charge >= 0.3 is 6.61 Å². The number of halogens is 4. The second-order valence-electron chi connectivity index (χ2n) is 5.04. The van der Waals surface area contributed by atoms with Gasteiger partial charge in [0.05, 0.1) is 11.6 Å². The van der Waals surface area contributed by atoms with E-state index < -0.39 is 6.61 Å². The molecule has 0 atom stereocenters. The van der Waals surface area contributed by atoms with Crippen LogP contribution in [0.2, 0.25) is 10.0 Å². The first kappa shape index (κ1) is 17.1. The Bertz CT molecular complexity index is 744. The van der Waals surface area contributed by atoms with Crippen LogP contribution in [0, 0.1) is 0 Å². The molecule has 1 heterocycles. The highest BCUT2D eigenvalue weighted by molar-refractivity contribution is 6.32. The van der Waals surface area contributed by atoms with E-state index in [-0.39, 0.29) is 17.6 Å². The number of fused-ring (bicyclic) bond motifs is 1. The maximum absolute atomic E-state index is 12.2. The lowest BCUT2D eigenvalue weighted by Gasteiger charge is -2.21. The van der Waals surface area contributed by atoms with E-state index in [1.807, 2.05) is 0 Å². The fourth-order valence-electron chi connectivity index (χ4n) is 2.39. The van der Waals surface area contributed by atoms with Gasteiger partial charge in [-0.1, -0.05) is 23.2 Å². The Morgan fingerprint density at radius 1 is 1.21 bits per heavy atom. The number of benzene rings is 2. The lowest BCUT2D eigenvalue weighted by Crippen LogP contribution is -2.14. The summed E-state index contributed by atoms with van der Waals surface area (Å²) in [7, 11) is 0. The summed E-state index contributed by atoms with van der Waals surface area (Å²) < 4.78 is 39.5. The summed E-state index contributed by atoms with van der Waals surface area (Å²) in [5, 5.41) is 3.83. The van der Waals surface area contributed by atoms with E-state index >= 15 is 0 Å². The molecule has 128 valence electrons. The van der Waals surface area contributed by atoms with Crippen molar-refractivity contribution in [1.82, 2.24) is 0 Å². The van der Waals surface area contributed by atoms with Crippen LogP contribution in [-0.4, -0.2) is 13.4 Å². The van der Waals surface area contributed by atoms with Crippen LogP contribution in [0.4, 0.5) is 14.5 Å². The quantitative estimate of drug-likeness (QED) is 0.791. The minimum absolute atomic E-state index is 0.0715. The number of hydrogen-bond donors (Lipinski definition) is 1. The Morgan fingerprint density at radius 3 is 2.79 bits per heavy atom. The molecule has 0 fully saturated rings. The van der Waals surface area contributed by atoms with Crippen molar-refractivity contribution < 1.29 is 23.0 Å². The van der Waals surface area contributed by atoms with E-state index in [1.54, 1.807) is 18.2 Å². The van der Waals surface area contributed by atoms with E-state index in [1.165, 1.54) is 12.1 Å². The SMILES string of the molecule is FC(F)Oc1ccc(NCc2cc(Cl)cc3c2OCOC3)cc1Cl.